The molecule has 8 heteroatoms. The summed E-state index contributed by atoms with van der Waals surface area (Å²) in [6, 6.07) is 5.68. The molecule has 0 aliphatic heterocycles. The Kier molecular flexibility index (Phi) is 3.11. The summed E-state index contributed by atoms with van der Waals surface area (Å²) in [6.07, 6.45) is 0. The van der Waals surface area contributed by atoms with E-state index in [1.54, 1.807) is 17.4 Å². The summed E-state index contributed by atoms with van der Waals surface area (Å²) in [5, 5.41) is 12.5. The maximum atomic E-state index is 11.5. The SMILES string of the molecule is CN(Cc1cc(Br)cs1)c1ccc2n[nH]c(=O)n2n1. The summed E-state index contributed by atoms with van der Waals surface area (Å²) in [7, 11) is 1.94. The highest BCUT2D eigenvalue weighted by Crippen LogP contribution is 2.22. The standard InChI is InChI=1S/C11H10BrN5OS/c1-16(5-8-4-7(12)6-19-8)10-3-2-9-13-14-11(18)17(9)15-10/h2-4,6H,5H2,1H3,(H,14,18). The maximum Gasteiger partial charge on any atom is 0.364 e. The van der Waals surface area contributed by atoms with Crippen LogP contribution in [0.3, 0.4) is 0 Å². The Morgan fingerprint density at radius 2 is 2.37 bits per heavy atom. The Labute approximate surface area is 120 Å². The van der Waals surface area contributed by atoms with Crippen molar-refractivity contribution in [1.82, 2.24) is 19.8 Å². The third-order valence-corrected chi connectivity index (χ3v) is 4.35. The molecule has 0 aliphatic carbocycles. The molecule has 0 bridgehead atoms. The van der Waals surface area contributed by atoms with Crippen molar-refractivity contribution in [2.75, 3.05) is 11.9 Å². The van der Waals surface area contributed by atoms with Crippen molar-refractivity contribution in [2.24, 2.45) is 0 Å². The minimum Gasteiger partial charge on any atom is -0.353 e. The van der Waals surface area contributed by atoms with Crippen LogP contribution >= 0.6 is 27.3 Å². The number of H-pyrrole nitrogens is 1. The normalized spacial score (nSPS) is 11.1. The van der Waals surface area contributed by atoms with E-state index in [9.17, 15) is 4.79 Å². The molecular formula is C11H10BrN5OS. The van der Waals surface area contributed by atoms with Gasteiger partial charge in [0.15, 0.2) is 5.65 Å². The van der Waals surface area contributed by atoms with E-state index >= 15 is 0 Å². The number of fused-ring (bicyclic) bond motifs is 1. The highest BCUT2D eigenvalue weighted by molar-refractivity contribution is 9.10. The van der Waals surface area contributed by atoms with Gasteiger partial charge in [0.1, 0.15) is 5.82 Å². The minimum atomic E-state index is -0.330. The predicted molar refractivity (Wildman–Crippen MR) is 77.7 cm³/mol. The fourth-order valence-corrected chi connectivity index (χ4v) is 3.25. The predicted octanol–water partition coefficient (Wildman–Crippen LogP) is 1.88. The lowest BCUT2D eigenvalue weighted by Crippen LogP contribution is -2.20. The summed E-state index contributed by atoms with van der Waals surface area (Å²) in [5.41, 5.74) is 0.185. The van der Waals surface area contributed by atoms with Crippen LogP contribution in [0.2, 0.25) is 0 Å². The van der Waals surface area contributed by atoms with Crippen molar-refractivity contribution in [3.8, 4) is 0 Å². The van der Waals surface area contributed by atoms with Crippen molar-refractivity contribution in [3.63, 3.8) is 0 Å². The molecule has 0 aliphatic rings. The first-order valence-electron chi connectivity index (χ1n) is 5.52. The van der Waals surface area contributed by atoms with Crippen LogP contribution in [-0.4, -0.2) is 26.9 Å². The average molecular weight is 340 g/mol. The number of thiophene rings is 1. The van der Waals surface area contributed by atoms with Crippen LogP contribution in [0.4, 0.5) is 5.82 Å². The zero-order chi connectivity index (χ0) is 13.4. The number of rotatable bonds is 3. The van der Waals surface area contributed by atoms with Gasteiger partial charge in [0.25, 0.3) is 0 Å². The van der Waals surface area contributed by atoms with Crippen LogP contribution in [0.15, 0.2) is 32.8 Å². The van der Waals surface area contributed by atoms with Gasteiger partial charge in [-0.1, -0.05) is 0 Å². The van der Waals surface area contributed by atoms with Crippen LogP contribution in [0, 0.1) is 0 Å². The number of hydrogen-bond donors (Lipinski definition) is 1. The number of hydrogen-bond acceptors (Lipinski definition) is 5. The lowest BCUT2D eigenvalue weighted by Gasteiger charge is -2.16. The average Bonchev–Trinajstić information content (AvgIpc) is 2.96. The Morgan fingerprint density at radius 3 is 3.11 bits per heavy atom. The van der Waals surface area contributed by atoms with Gasteiger partial charge in [0.2, 0.25) is 0 Å². The fraction of sp³-hybridized carbons (Fsp3) is 0.182. The number of nitrogens with one attached hydrogen (secondary N) is 1. The number of aromatic amines is 1. The van der Waals surface area contributed by atoms with Gasteiger partial charge in [0.05, 0.1) is 6.54 Å². The molecular weight excluding hydrogens is 330 g/mol. The van der Waals surface area contributed by atoms with Crippen LogP contribution in [0.25, 0.3) is 5.65 Å². The van der Waals surface area contributed by atoms with Gasteiger partial charge < -0.3 is 4.90 Å². The largest absolute Gasteiger partial charge is 0.364 e. The highest BCUT2D eigenvalue weighted by atomic mass is 79.9. The Morgan fingerprint density at radius 1 is 1.53 bits per heavy atom. The van der Waals surface area contributed by atoms with E-state index in [-0.39, 0.29) is 5.69 Å². The van der Waals surface area contributed by atoms with Crippen molar-refractivity contribution in [1.29, 1.82) is 0 Å². The van der Waals surface area contributed by atoms with Crippen molar-refractivity contribution >= 4 is 38.7 Å². The number of nitrogens with zero attached hydrogens (tertiary/aromatic N) is 4. The molecule has 3 aromatic heterocycles. The summed E-state index contributed by atoms with van der Waals surface area (Å²) >= 11 is 5.11. The smallest absolute Gasteiger partial charge is 0.353 e. The van der Waals surface area contributed by atoms with E-state index in [0.29, 0.717) is 5.65 Å². The van der Waals surface area contributed by atoms with Crippen LogP contribution in [0.5, 0.6) is 0 Å². The third-order valence-electron chi connectivity index (χ3n) is 2.67. The molecule has 0 saturated heterocycles. The van der Waals surface area contributed by atoms with E-state index in [4.69, 9.17) is 0 Å². The second kappa shape index (κ2) is 4.78. The van der Waals surface area contributed by atoms with Crippen molar-refractivity contribution in [2.45, 2.75) is 6.54 Å². The molecule has 0 spiro atoms. The van der Waals surface area contributed by atoms with Gasteiger partial charge in [-0.2, -0.15) is 9.61 Å². The number of halogens is 1. The van der Waals surface area contributed by atoms with Crippen LogP contribution in [-0.2, 0) is 6.54 Å². The van der Waals surface area contributed by atoms with E-state index in [1.165, 1.54) is 9.39 Å². The molecule has 3 rings (SSSR count). The third kappa shape index (κ3) is 2.41. The fourth-order valence-electron chi connectivity index (χ4n) is 1.75. The molecule has 3 aromatic rings. The first kappa shape index (κ1) is 12.4. The van der Waals surface area contributed by atoms with E-state index in [0.717, 1.165) is 16.8 Å². The van der Waals surface area contributed by atoms with Gasteiger partial charge >= 0.3 is 5.69 Å². The van der Waals surface area contributed by atoms with E-state index < -0.39 is 0 Å². The molecule has 6 nitrogen and oxygen atoms in total. The quantitative estimate of drug-likeness (QED) is 0.791. The molecule has 3 heterocycles. The maximum absolute atomic E-state index is 11.5. The molecule has 19 heavy (non-hydrogen) atoms. The minimum absolute atomic E-state index is 0.330. The molecule has 0 atom stereocenters. The summed E-state index contributed by atoms with van der Waals surface area (Å²) in [4.78, 5) is 14.7. The summed E-state index contributed by atoms with van der Waals surface area (Å²) < 4.78 is 2.34. The zero-order valence-corrected chi connectivity index (χ0v) is 12.4. The highest BCUT2D eigenvalue weighted by Gasteiger charge is 2.08. The van der Waals surface area contributed by atoms with Gasteiger partial charge in [0, 0.05) is 21.8 Å². The van der Waals surface area contributed by atoms with E-state index in [2.05, 4.69) is 37.3 Å². The summed E-state index contributed by atoms with van der Waals surface area (Å²) in [5.74, 6) is 0.723. The van der Waals surface area contributed by atoms with Gasteiger partial charge in [-0.05, 0) is 34.1 Å². The van der Waals surface area contributed by atoms with Gasteiger partial charge in [-0.3, -0.25) is 0 Å². The lowest BCUT2D eigenvalue weighted by molar-refractivity contribution is 0.825. The molecule has 1 N–H and O–H groups in total. The topological polar surface area (TPSA) is 66.3 Å². The number of aromatic nitrogens is 4. The second-order valence-electron chi connectivity index (χ2n) is 4.08. The monoisotopic (exact) mass is 339 g/mol. The first-order chi connectivity index (χ1) is 9.13. The molecule has 0 aromatic carbocycles. The van der Waals surface area contributed by atoms with Crippen molar-refractivity contribution in [3.05, 3.63) is 43.4 Å². The Balaban J connectivity index is 1.90. The zero-order valence-electron chi connectivity index (χ0n) is 10.00. The molecule has 0 radical (unpaired) electrons. The van der Waals surface area contributed by atoms with Crippen molar-refractivity contribution < 1.29 is 0 Å². The van der Waals surface area contributed by atoms with Gasteiger partial charge in [-0.25, -0.2) is 9.89 Å². The van der Waals surface area contributed by atoms with Crippen LogP contribution in [0.1, 0.15) is 4.88 Å². The molecule has 0 amide bonds. The number of anilines is 1. The van der Waals surface area contributed by atoms with E-state index in [1.807, 2.05) is 23.4 Å². The summed E-state index contributed by atoms with van der Waals surface area (Å²) in [6.45, 7) is 0.737. The second-order valence-corrected chi connectivity index (χ2v) is 5.99. The first-order valence-corrected chi connectivity index (χ1v) is 7.19. The molecule has 98 valence electrons. The lowest BCUT2D eigenvalue weighted by atomic mass is 10.4. The molecule has 0 fully saturated rings. The molecule has 0 unspecified atom stereocenters. The molecule has 0 saturated carbocycles. The Bertz CT molecular complexity index is 777. The Hall–Kier alpha value is -1.67. The van der Waals surface area contributed by atoms with Gasteiger partial charge in [-0.15, -0.1) is 16.4 Å². The van der Waals surface area contributed by atoms with Crippen LogP contribution < -0.4 is 10.6 Å².